The van der Waals surface area contributed by atoms with Gasteiger partial charge in [-0.2, -0.15) is 0 Å². The zero-order valence-corrected chi connectivity index (χ0v) is 11.6. The molecule has 0 amide bonds. The third kappa shape index (κ3) is 4.84. The first-order chi connectivity index (χ1) is 7.63. The lowest BCUT2D eigenvalue weighted by Crippen LogP contribution is -2.41. The smallest absolute Gasteiger partial charge is 0.0197 e. The minimum Gasteiger partial charge on any atom is -0.313 e. The molecular weight excluding hydrogens is 196 g/mol. The lowest BCUT2D eigenvalue weighted by molar-refractivity contribution is 0.195. The minimum atomic E-state index is 0.710. The normalized spacial score (nSPS) is 28.3. The summed E-state index contributed by atoms with van der Waals surface area (Å²) in [5, 5.41) is 3.71. The molecule has 2 heteroatoms. The number of hydrogen-bond donors (Lipinski definition) is 1. The fraction of sp³-hybridized carbons (Fsp3) is 1.00. The van der Waals surface area contributed by atoms with Crippen LogP contribution in [0.25, 0.3) is 0 Å². The molecule has 16 heavy (non-hydrogen) atoms. The molecule has 1 fully saturated rings. The SMILES string of the molecule is CCCCN1CC(CC(C)C)NCCC1C. The Morgan fingerprint density at radius 2 is 2.12 bits per heavy atom. The lowest BCUT2D eigenvalue weighted by Gasteiger charge is -2.29. The van der Waals surface area contributed by atoms with E-state index >= 15 is 0 Å². The van der Waals surface area contributed by atoms with Crippen molar-refractivity contribution in [1.82, 2.24) is 10.2 Å². The molecule has 0 aromatic carbocycles. The highest BCUT2D eigenvalue weighted by Gasteiger charge is 2.22. The quantitative estimate of drug-likeness (QED) is 0.775. The Morgan fingerprint density at radius 1 is 1.38 bits per heavy atom. The second-order valence-electron chi connectivity index (χ2n) is 5.77. The van der Waals surface area contributed by atoms with E-state index in [1.807, 2.05) is 0 Å². The van der Waals surface area contributed by atoms with Gasteiger partial charge in [-0.1, -0.05) is 27.2 Å². The van der Waals surface area contributed by atoms with Crippen molar-refractivity contribution in [2.24, 2.45) is 5.92 Å². The molecule has 96 valence electrons. The Hall–Kier alpha value is -0.0800. The Bertz CT molecular complexity index is 180. The van der Waals surface area contributed by atoms with Gasteiger partial charge in [0.1, 0.15) is 0 Å². The van der Waals surface area contributed by atoms with E-state index in [1.165, 1.54) is 45.3 Å². The maximum absolute atomic E-state index is 3.71. The molecule has 1 aliphatic rings. The second-order valence-corrected chi connectivity index (χ2v) is 5.77. The number of hydrogen-bond acceptors (Lipinski definition) is 2. The molecule has 0 saturated carbocycles. The van der Waals surface area contributed by atoms with E-state index in [9.17, 15) is 0 Å². The molecule has 1 aliphatic heterocycles. The summed E-state index contributed by atoms with van der Waals surface area (Å²) in [6.07, 6.45) is 5.28. The van der Waals surface area contributed by atoms with Crippen LogP contribution < -0.4 is 5.32 Å². The van der Waals surface area contributed by atoms with Crippen molar-refractivity contribution in [2.75, 3.05) is 19.6 Å². The molecule has 1 rings (SSSR count). The predicted molar refractivity (Wildman–Crippen MR) is 71.8 cm³/mol. The summed E-state index contributed by atoms with van der Waals surface area (Å²) in [6.45, 7) is 13.1. The third-order valence-corrected chi connectivity index (χ3v) is 3.63. The van der Waals surface area contributed by atoms with E-state index in [0.29, 0.717) is 6.04 Å². The van der Waals surface area contributed by atoms with Crippen LogP contribution in [0.1, 0.15) is 53.4 Å². The molecule has 1 N–H and O–H groups in total. The van der Waals surface area contributed by atoms with Crippen LogP contribution in [0.2, 0.25) is 0 Å². The highest BCUT2D eigenvalue weighted by atomic mass is 15.2. The summed E-state index contributed by atoms with van der Waals surface area (Å²) in [5.74, 6) is 0.805. The van der Waals surface area contributed by atoms with Crippen LogP contribution in [-0.2, 0) is 0 Å². The van der Waals surface area contributed by atoms with Crippen LogP contribution in [0.4, 0.5) is 0 Å². The summed E-state index contributed by atoms with van der Waals surface area (Å²) in [7, 11) is 0. The summed E-state index contributed by atoms with van der Waals surface area (Å²) < 4.78 is 0. The van der Waals surface area contributed by atoms with Gasteiger partial charge in [-0.3, -0.25) is 4.90 Å². The Labute approximate surface area is 102 Å². The van der Waals surface area contributed by atoms with Gasteiger partial charge in [0, 0.05) is 18.6 Å². The van der Waals surface area contributed by atoms with E-state index in [-0.39, 0.29) is 0 Å². The van der Waals surface area contributed by atoms with Gasteiger partial charge >= 0.3 is 0 Å². The molecule has 0 aromatic heterocycles. The van der Waals surface area contributed by atoms with Crippen LogP contribution in [-0.4, -0.2) is 36.6 Å². The van der Waals surface area contributed by atoms with Crippen molar-refractivity contribution >= 4 is 0 Å². The van der Waals surface area contributed by atoms with Gasteiger partial charge < -0.3 is 5.32 Å². The first kappa shape index (κ1) is 14.0. The summed E-state index contributed by atoms with van der Waals surface area (Å²) in [5.41, 5.74) is 0. The van der Waals surface area contributed by atoms with Gasteiger partial charge in [0.05, 0.1) is 0 Å². The maximum atomic E-state index is 3.71. The van der Waals surface area contributed by atoms with Gasteiger partial charge in [-0.15, -0.1) is 0 Å². The second kappa shape index (κ2) is 7.29. The monoisotopic (exact) mass is 226 g/mol. The predicted octanol–water partition coefficient (Wildman–Crippen LogP) is 2.89. The summed E-state index contributed by atoms with van der Waals surface area (Å²) in [4.78, 5) is 2.69. The van der Waals surface area contributed by atoms with Crippen molar-refractivity contribution in [2.45, 2.75) is 65.5 Å². The van der Waals surface area contributed by atoms with Gasteiger partial charge in [0.25, 0.3) is 0 Å². The van der Waals surface area contributed by atoms with Crippen molar-refractivity contribution < 1.29 is 0 Å². The molecule has 1 saturated heterocycles. The number of nitrogens with one attached hydrogen (secondary N) is 1. The molecule has 1 heterocycles. The van der Waals surface area contributed by atoms with Gasteiger partial charge in [0.2, 0.25) is 0 Å². The largest absolute Gasteiger partial charge is 0.313 e. The molecule has 2 atom stereocenters. The first-order valence-corrected chi connectivity index (χ1v) is 7.11. The average Bonchev–Trinajstić information content (AvgIpc) is 2.37. The lowest BCUT2D eigenvalue weighted by atomic mass is 10.0. The van der Waals surface area contributed by atoms with Crippen LogP contribution in [0.3, 0.4) is 0 Å². The highest BCUT2D eigenvalue weighted by molar-refractivity contribution is 4.81. The fourth-order valence-corrected chi connectivity index (χ4v) is 2.61. The van der Waals surface area contributed by atoms with E-state index in [0.717, 1.165) is 12.0 Å². The van der Waals surface area contributed by atoms with Crippen molar-refractivity contribution in [1.29, 1.82) is 0 Å². The van der Waals surface area contributed by atoms with Crippen LogP contribution in [0, 0.1) is 5.92 Å². The van der Waals surface area contributed by atoms with E-state index in [4.69, 9.17) is 0 Å². The summed E-state index contributed by atoms with van der Waals surface area (Å²) in [6, 6.07) is 1.47. The molecule has 0 radical (unpaired) electrons. The number of rotatable bonds is 5. The highest BCUT2D eigenvalue weighted by Crippen LogP contribution is 2.14. The Morgan fingerprint density at radius 3 is 2.75 bits per heavy atom. The molecule has 0 spiro atoms. The molecule has 2 nitrogen and oxygen atoms in total. The topological polar surface area (TPSA) is 15.3 Å². The van der Waals surface area contributed by atoms with E-state index in [1.54, 1.807) is 0 Å². The first-order valence-electron chi connectivity index (χ1n) is 7.11. The fourth-order valence-electron chi connectivity index (χ4n) is 2.61. The van der Waals surface area contributed by atoms with Crippen LogP contribution in [0.5, 0.6) is 0 Å². The van der Waals surface area contributed by atoms with Gasteiger partial charge in [-0.05, 0) is 45.2 Å². The average molecular weight is 226 g/mol. The zero-order chi connectivity index (χ0) is 12.0. The Balaban J connectivity index is 2.44. The Kier molecular flexibility index (Phi) is 6.37. The standard InChI is InChI=1S/C14H30N2/c1-5-6-9-16-11-14(10-12(2)3)15-8-7-13(16)4/h12-15H,5-11H2,1-4H3. The molecule has 2 unspecified atom stereocenters. The maximum Gasteiger partial charge on any atom is 0.0197 e. The van der Waals surface area contributed by atoms with Crippen LogP contribution >= 0.6 is 0 Å². The molecule has 0 aliphatic carbocycles. The van der Waals surface area contributed by atoms with E-state index < -0.39 is 0 Å². The molecule has 0 bridgehead atoms. The van der Waals surface area contributed by atoms with Crippen LogP contribution in [0.15, 0.2) is 0 Å². The van der Waals surface area contributed by atoms with Crippen molar-refractivity contribution in [3.8, 4) is 0 Å². The van der Waals surface area contributed by atoms with E-state index in [2.05, 4.69) is 37.9 Å². The van der Waals surface area contributed by atoms with Gasteiger partial charge in [-0.25, -0.2) is 0 Å². The molecular formula is C14H30N2. The minimum absolute atomic E-state index is 0.710. The number of unbranched alkanes of at least 4 members (excludes halogenated alkanes) is 1. The molecule has 0 aromatic rings. The van der Waals surface area contributed by atoms with Crippen molar-refractivity contribution in [3.05, 3.63) is 0 Å². The summed E-state index contributed by atoms with van der Waals surface area (Å²) >= 11 is 0. The zero-order valence-electron chi connectivity index (χ0n) is 11.6. The van der Waals surface area contributed by atoms with Gasteiger partial charge in [0.15, 0.2) is 0 Å². The third-order valence-electron chi connectivity index (χ3n) is 3.63. The number of nitrogens with zero attached hydrogens (tertiary/aromatic N) is 1. The van der Waals surface area contributed by atoms with Crippen molar-refractivity contribution in [3.63, 3.8) is 0 Å².